The van der Waals surface area contributed by atoms with Crippen molar-refractivity contribution >= 4 is 11.5 Å². The lowest BCUT2D eigenvalue weighted by Crippen LogP contribution is -2.07. The third kappa shape index (κ3) is 2.10. The number of esters is 1. The SMILES string of the molecule is Cc1cccc2cc(-c3ccccc3)c(C3OC(=O)c4ccccc43)n12. The minimum atomic E-state index is -0.405. The Balaban J connectivity index is 1.84. The van der Waals surface area contributed by atoms with Crippen molar-refractivity contribution in [2.24, 2.45) is 0 Å². The number of fused-ring (bicyclic) bond motifs is 2. The van der Waals surface area contributed by atoms with Crippen molar-refractivity contribution in [1.82, 2.24) is 4.40 Å². The minimum Gasteiger partial charge on any atom is -0.447 e. The van der Waals surface area contributed by atoms with Crippen molar-refractivity contribution in [3.05, 3.63) is 101 Å². The first kappa shape index (κ1) is 15.0. The van der Waals surface area contributed by atoms with Gasteiger partial charge in [0.25, 0.3) is 0 Å². The Bertz CT molecular complexity index is 1140. The molecule has 4 aromatic rings. The molecule has 0 spiro atoms. The molecular weight excluding hydrogens is 322 g/mol. The third-order valence-electron chi connectivity index (χ3n) is 5.05. The highest BCUT2D eigenvalue weighted by atomic mass is 16.5. The summed E-state index contributed by atoms with van der Waals surface area (Å²) in [6.45, 7) is 2.08. The number of cyclic esters (lactones) is 1. The summed E-state index contributed by atoms with van der Waals surface area (Å²) in [4.78, 5) is 12.4. The van der Waals surface area contributed by atoms with Gasteiger partial charge in [-0.25, -0.2) is 4.79 Å². The predicted octanol–water partition coefficient (Wildman–Crippen LogP) is 5.17. The van der Waals surface area contributed by atoms with Crippen LogP contribution in [0.15, 0.2) is 78.9 Å². The van der Waals surface area contributed by atoms with Crippen molar-refractivity contribution in [1.29, 1.82) is 0 Å². The maximum absolute atomic E-state index is 12.4. The smallest absolute Gasteiger partial charge is 0.339 e. The van der Waals surface area contributed by atoms with E-state index in [1.54, 1.807) is 0 Å². The van der Waals surface area contributed by atoms with Gasteiger partial charge in [-0.05, 0) is 36.8 Å². The Kier molecular flexibility index (Phi) is 3.22. The predicted molar refractivity (Wildman–Crippen MR) is 101 cm³/mol. The molecule has 1 atom stereocenters. The first-order chi connectivity index (χ1) is 12.7. The molecule has 0 aliphatic carbocycles. The van der Waals surface area contributed by atoms with Gasteiger partial charge in [0.2, 0.25) is 0 Å². The molecule has 3 heteroatoms. The van der Waals surface area contributed by atoms with Gasteiger partial charge in [-0.15, -0.1) is 0 Å². The topological polar surface area (TPSA) is 30.7 Å². The average molecular weight is 339 g/mol. The van der Waals surface area contributed by atoms with E-state index >= 15 is 0 Å². The first-order valence-corrected chi connectivity index (χ1v) is 8.70. The number of hydrogen-bond acceptors (Lipinski definition) is 2. The lowest BCUT2D eigenvalue weighted by Gasteiger charge is -2.16. The third-order valence-corrected chi connectivity index (χ3v) is 5.05. The molecule has 5 rings (SSSR count). The number of pyridine rings is 1. The van der Waals surface area contributed by atoms with Crippen LogP contribution in [0.5, 0.6) is 0 Å². The van der Waals surface area contributed by atoms with Gasteiger partial charge in [0.15, 0.2) is 6.10 Å². The van der Waals surface area contributed by atoms with E-state index in [1.807, 2.05) is 42.5 Å². The molecule has 0 N–H and O–H groups in total. The minimum absolute atomic E-state index is 0.256. The standard InChI is InChI=1S/C23H17NO2/c1-15-8-7-11-17-14-20(16-9-3-2-4-10-16)21(24(15)17)22-18-12-5-6-13-19(18)23(25)26-22/h2-14,22H,1H3. The van der Waals surface area contributed by atoms with E-state index in [9.17, 15) is 4.79 Å². The number of rotatable bonds is 2. The Morgan fingerprint density at radius 1 is 0.846 bits per heavy atom. The maximum Gasteiger partial charge on any atom is 0.339 e. The first-order valence-electron chi connectivity index (χ1n) is 8.70. The van der Waals surface area contributed by atoms with Crippen molar-refractivity contribution in [3.63, 3.8) is 0 Å². The molecule has 0 amide bonds. The fraction of sp³-hybridized carbons (Fsp3) is 0.0870. The summed E-state index contributed by atoms with van der Waals surface area (Å²) in [5.74, 6) is -0.256. The van der Waals surface area contributed by atoms with Gasteiger partial charge in [-0.2, -0.15) is 0 Å². The Labute approximate surface area is 151 Å². The van der Waals surface area contributed by atoms with Crippen LogP contribution in [0.1, 0.15) is 33.4 Å². The van der Waals surface area contributed by atoms with Gasteiger partial charge in [-0.3, -0.25) is 0 Å². The molecule has 0 saturated carbocycles. The highest BCUT2D eigenvalue weighted by molar-refractivity contribution is 5.95. The van der Waals surface area contributed by atoms with Crippen LogP contribution in [0.3, 0.4) is 0 Å². The zero-order chi connectivity index (χ0) is 17.7. The molecule has 1 unspecified atom stereocenters. The summed E-state index contributed by atoms with van der Waals surface area (Å²) in [5.41, 5.74) is 7.00. The highest BCUT2D eigenvalue weighted by Gasteiger charge is 2.35. The summed E-state index contributed by atoms with van der Waals surface area (Å²) in [6.07, 6.45) is -0.405. The lowest BCUT2D eigenvalue weighted by molar-refractivity contribution is 0.0449. The van der Waals surface area contributed by atoms with Gasteiger partial charge in [0, 0.05) is 22.3 Å². The quantitative estimate of drug-likeness (QED) is 0.471. The van der Waals surface area contributed by atoms with Crippen LogP contribution in [-0.2, 0) is 4.74 Å². The van der Waals surface area contributed by atoms with E-state index in [2.05, 4.69) is 47.7 Å². The van der Waals surface area contributed by atoms with Crippen LogP contribution in [0.25, 0.3) is 16.6 Å². The largest absolute Gasteiger partial charge is 0.447 e. The van der Waals surface area contributed by atoms with Crippen LogP contribution in [-0.4, -0.2) is 10.4 Å². The normalized spacial score (nSPS) is 15.9. The van der Waals surface area contributed by atoms with E-state index in [4.69, 9.17) is 4.74 Å². The van der Waals surface area contributed by atoms with Gasteiger partial charge < -0.3 is 9.14 Å². The van der Waals surface area contributed by atoms with Gasteiger partial charge in [-0.1, -0.05) is 54.6 Å². The number of carbonyl (C=O) groups is 1. The van der Waals surface area contributed by atoms with Crippen LogP contribution >= 0.6 is 0 Å². The number of nitrogens with zero attached hydrogens (tertiary/aromatic N) is 1. The fourth-order valence-electron chi connectivity index (χ4n) is 3.88. The second kappa shape index (κ2) is 5.60. The molecule has 0 radical (unpaired) electrons. The van der Waals surface area contributed by atoms with Crippen LogP contribution in [0.2, 0.25) is 0 Å². The van der Waals surface area contributed by atoms with Gasteiger partial charge >= 0.3 is 5.97 Å². The van der Waals surface area contributed by atoms with E-state index in [0.29, 0.717) is 5.56 Å². The van der Waals surface area contributed by atoms with Crippen molar-refractivity contribution in [3.8, 4) is 11.1 Å². The molecule has 0 fully saturated rings. The number of hydrogen-bond donors (Lipinski definition) is 0. The van der Waals surface area contributed by atoms with E-state index < -0.39 is 6.10 Å². The number of aromatic nitrogens is 1. The summed E-state index contributed by atoms with van der Waals surface area (Å²) < 4.78 is 8.04. The van der Waals surface area contributed by atoms with Crippen LogP contribution in [0.4, 0.5) is 0 Å². The molecule has 2 aromatic carbocycles. The molecule has 1 aliphatic heterocycles. The Morgan fingerprint density at radius 2 is 1.62 bits per heavy atom. The molecule has 0 saturated heterocycles. The van der Waals surface area contributed by atoms with Crippen LogP contribution < -0.4 is 0 Å². The fourth-order valence-corrected chi connectivity index (χ4v) is 3.88. The molecular formula is C23H17NO2. The molecule has 3 heterocycles. The summed E-state index contributed by atoms with van der Waals surface area (Å²) in [6, 6.07) is 26.3. The summed E-state index contributed by atoms with van der Waals surface area (Å²) in [5, 5.41) is 0. The monoisotopic (exact) mass is 339 g/mol. The van der Waals surface area contributed by atoms with E-state index in [0.717, 1.165) is 33.6 Å². The van der Waals surface area contributed by atoms with Gasteiger partial charge in [0.1, 0.15) is 0 Å². The van der Waals surface area contributed by atoms with Crippen molar-refractivity contribution < 1.29 is 9.53 Å². The van der Waals surface area contributed by atoms with Gasteiger partial charge in [0.05, 0.1) is 11.3 Å². The van der Waals surface area contributed by atoms with E-state index in [1.165, 1.54) is 0 Å². The van der Waals surface area contributed by atoms with E-state index in [-0.39, 0.29) is 5.97 Å². The molecule has 126 valence electrons. The molecule has 1 aliphatic rings. The Morgan fingerprint density at radius 3 is 2.46 bits per heavy atom. The highest BCUT2D eigenvalue weighted by Crippen LogP contribution is 2.42. The number of carbonyl (C=O) groups excluding carboxylic acids is 1. The maximum atomic E-state index is 12.4. The lowest BCUT2D eigenvalue weighted by atomic mass is 9.97. The van der Waals surface area contributed by atoms with Crippen molar-refractivity contribution in [2.45, 2.75) is 13.0 Å². The molecule has 26 heavy (non-hydrogen) atoms. The van der Waals surface area contributed by atoms with Crippen molar-refractivity contribution in [2.75, 3.05) is 0 Å². The second-order valence-electron chi connectivity index (χ2n) is 6.61. The average Bonchev–Trinajstić information content (AvgIpc) is 3.22. The molecule has 0 bridgehead atoms. The number of aryl methyl sites for hydroxylation is 1. The second-order valence-corrected chi connectivity index (χ2v) is 6.61. The summed E-state index contributed by atoms with van der Waals surface area (Å²) in [7, 11) is 0. The summed E-state index contributed by atoms with van der Waals surface area (Å²) >= 11 is 0. The zero-order valence-electron chi connectivity index (χ0n) is 14.3. The molecule has 2 aromatic heterocycles. The number of ether oxygens (including phenoxy) is 1. The molecule has 3 nitrogen and oxygen atoms in total. The zero-order valence-corrected chi connectivity index (χ0v) is 14.3. The number of benzene rings is 2. The van der Waals surface area contributed by atoms with Crippen LogP contribution in [0, 0.1) is 6.92 Å². The Hall–Kier alpha value is -3.33.